The summed E-state index contributed by atoms with van der Waals surface area (Å²) in [4.78, 5) is 28.7. The van der Waals surface area contributed by atoms with E-state index >= 15 is 0 Å². The lowest BCUT2D eigenvalue weighted by Crippen LogP contribution is -2.52. The number of hydrogen-bond donors (Lipinski definition) is 1. The number of hydrogen-bond acceptors (Lipinski definition) is 4. The molecule has 7 nitrogen and oxygen atoms in total. The summed E-state index contributed by atoms with van der Waals surface area (Å²) in [5, 5.41) is 3.83. The monoisotopic (exact) mass is 603 g/mol. The smallest absolute Gasteiger partial charge is 0.264 e. The van der Waals surface area contributed by atoms with Crippen molar-refractivity contribution in [3.63, 3.8) is 0 Å². The van der Waals surface area contributed by atoms with Crippen molar-refractivity contribution in [1.82, 2.24) is 10.2 Å². The first-order chi connectivity index (χ1) is 19.1. The maximum atomic E-state index is 14.0. The van der Waals surface area contributed by atoms with Crippen LogP contribution in [0.1, 0.15) is 44.2 Å². The molecule has 0 radical (unpaired) electrons. The number of unbranched alkanes of at least 4 members (excludes halogenated alkanes) is 1. The largest absolute Gasteiger partial charge is 0.354 e. The Bertz CT molecular complexity index is 1400. The number of halogens is 2. The Morgan fingerprint density at radius 2 is 1.62 bits per heavy atom. The van der Waals surface area contributed by atoms with Gasteiger partial charge in [-0.05, 0) is 67.3 Å². The zero-order chi connectivity index (χ0) is 29.3. The molecular weight excluding hydrogens is 569 g/mol. The molecule has 3 rings (SSSR count). The minimum absolute atomic E-state index is 0.0353. The fourth-order valence-electron chi connectivity index (χ4n) is 4.20. The Labute approximate surface area is 247 Å². The van der Waals surface area contributed by atoms with Crippen LogP contribution in [0.25, 0.3) is 0 Å². The van der Waals surface area contributed by atoms with E-state index in [0.717, 1.165) is 28.3 Å². The molecular formula is C30H35Cl2N3O4S. The topological polar surface area (TPSA) is 86.8 Å². The first-order valence-electron chi connectivity index (χ1n) is 13.2. The van der Waals surface area contributed by atoms with E-state index in [-0.39, 0.29) is 23.0 Å². The molecule has 3 aromatic carbocycles. The molecule has 0 aliphatic rings. The predicted octanol–water partition coefficient (Wildman–Crippen LogP) is 6.22. The van der Waals surface area contributed by atoms with Crippen molar-refractivity contribution in [2.45, 2.75) is 57.5 Å². The van der Waals surface area contributed by atoms with E-state index in [1.54, 1.807) is 54.6 Å². The molecule has 0 aromatic heterocycles. The third-order valence-corrected chi connectivity index (χ3v) is 8.98. The molecule has 0 aliphatic carbocycles. The first kappa shape index (κ1) is 31.5. The van der Waals surface area contributed by atoms with E-state index in [2.05, 4.69) is 5.32 Å². The minimum Gasteiger partial charge on any atom is -0.354 e. The van der Waals surface area contributed by atoms with Gasteiger partial charge in [-0.3, -0.25) is 13.9 Å². The highest BCUT2D eigenvalue weighted by molar-refractivity contribution is 7.92. The maximum absolute atomic E-state index is 14.0. The number of carbonyl (C=O) groups is 2. The van der Waals surface area contributed by atoms with Crippen LogP contribution >= 0.6 is 23.2 Å². The normalized spacial score (nSPS) is 12.0. The number of benzene rings is 3. The predicted molar refractivity (Wildman–Crippen MR) is 161 cm³/mol. The van der Waals surface area contributed by atoms with Gasteiger partial charge >= 0.3 is 0 Å². The molecule has 3 aromatic rings. The van der Waals surface area contributed by atoms with Gasteiger partial charge in [0.05, 0.1) is 10.6 Å². The van der Waals surface area contributed by atoms with Gasteiger partial charge in [-0.2, -0.15) is 0 Å². The number of anilines is 1. The summed E-state index contributed by atoms with van der Waals surface area (Å²) >= 11 is 12.4. The second kappa shape index (κ2) is 14.5. The van der Waals surface area contributed by atoms with Crippen molar-refractivity contribution in [3.05, 3.63) is 94.0 Å². The third kappa shape index (κ3) is 7.99. The average molecular weight is 605 g/mol. The number of amides is 2. The first-order valence-corrected chi connectivity index (χ1v) is 15.4. The van der Waals surface area contributed by atoms with Crippen LogP contribution in [0.5, 0.6) is 0 Å². The molecule has 0 aliphatic heterocycles. The van der Waals surface area contributed by atoms with Gasteiger partial charge in [0.1, 0.15) is 12.6 Å². The molecule has 214 valence electrons. The van der Waals surface area contributed by atoms with Gasteiger partial charge in [-0.1, -0.05) is 79.9 Å². The SMILES string of the molecule is CCCCNC(=O)[C@H](CC)N(Cc1ccc(Cl)cc1)C(=O)CN(c1ccc(C)c(Cl)c1)S(=O)(=O)c1ccccc1. The van der Waals surface area contributed by atoms with Gasteiger partial charge in [-0.15, -0.1) is 0 Å². The van der Waals surface area contributed by atoms with E-state index in [0.29, 0.717) is 23.0 Å². The van der Waals surface area contributed by atoms with Crippen LogP contribution in [0, 0.1) is 6.92 Å². The van der Waals surface area contributed by atoms with Gasteiger partial charge in [0.25, 0.3) is 10.0 Å². The number of sulfonamides is 1. The van der Waals surface area contributed by atoms with Gasteiger partial charge < -0.3 is 10.2 Å². The van der Waals surface area contributed by atoms with Crippen molar-refractivity contribution in [2.24, 2.45) is 0 Å². The summed E-state index contributed by atoms with van der Waals surface area (Å²) in [6.45, 7) is 5.73. The highest BCUT2D eigenvalue weighted by atomic mass is 35.5. The molecule has 40 heavy (non-hydrogen) atoms. The molecule has 0 fully saturated rings. The van der Waals surface area contributed by atoms with E-state index in [1.807, 2.05) is 20.8 Å². The number of carbonyl (C=O) groups excluding carboxylic acids is 2. The van der Waals surface area contributed by atoms with Gasteiger partial charge in [0, 0.05) is 23.1 Å². The van der Waals surface area contributed by atoms with E-state index in [1.165, 1.54) is 23.1 Å². The number of nitrogens with zero attached hydrogens (tertiary/aromatic N) is 2. The quantitative estimate of drug-likeness (QED) is 0.235. The summed E-state index contributed by atoms with van der Waals surface area (Å²) in [6.07, 6.45) is 2.07. The lowest BCUT2D eigenvalue weighted by Gasteiger charge is -2.33. The zero-order valence-electron chi connectivity index (χ0n) is 22.9. The van der Waals surface area contributed by atoms with Gasteiger partial charge in [-0.25, -0.2) is 8.42 Å². The molecule has 0 spiro atoms. The van der Waals surface area contributed by atoms with E-state index in [9.17, 15) is 18.0 Å². The van der Waals surface area contributed by atoms with Crippen molar-refractivity contribution >= 4 is 50.7 Å². The van der Waals surface area contributed by atoms with Crippen molar-refractivity contribution in [1.29, 1.82) is 0 Å². The Balaban J connectivity index is 2.04. The Hall–Kier alpha value is -3.07. The molecule has 0 heterocycles. The summed E-state index contributed by atoms with van der Waals surface area (Å²) in [5.74, 6) is -0.808. The number of rotatable bonds is 13. The van der Waals surface area contributed by atoms with Gasteiger partial charge in [0.2, 0.25) is 11.8 Å². The van der Waals surface area contributed by atoms with Crippen LogP contribution in [0.15, 0.2) is 77.7 Å². The Kier molecular flexibility index (Phi) is 11.4. The van der Waals surface area contributed by atoms with Crippen molar-refractivity contribution in [3.8, 4) is 0 Å². The molecule has 0 bridgehead atoms. The van der Waals surface area contributed by atoms with Crippen LogP contribution in [0.2, 0.25) is 10.0 Å². The molecule has 0 saturated heterocycles. The van der Waals surface area contributed by atoms with Crippen LogP contribution in [0.4, 0.5) is 5.69 Å². The Morgan fingerprint density at radius 1 is 0.950 bits per heavy atom. The van der Waals surface area contributed by atoms with Crippen molar-refractivity contribution < 1.29 is 18.0 Å². The lowest BCUT2D eigenvalue weighted by molar-refractivity contribution is -0.140. The number of nitrogens with one attached hydrogen (secondary N) is 1. The summed E-state index contributed by atoms with van der Waals surface area (Å²) in [7, 11) is -4.15. The molecule has 0 unspecified atom stereocenters. The summed E-state index contributed by atoms with van der Waals surface area (Å²) < 4.78 is 28.7. The Morgan fingerprint density at radius 3 is 2.23 bits per heavy atom. The fraction of sp³-hybridized carbons (Fsp3) is 0.333. The molecule has 2 amide bonds. The summed E-state index contributed by atoms with van der Waals surface area (Å²) in [5.41, 5.74) is 1.78. The van der Waals surface area contributed by atoms with Gasteiger partial charge in [0.15, 0.2) is 0 Å². The average Bonchev–Trinajstić information content (AvgIpc) is 2.94. The second-order valence-electron chi connectivity index (χ2n) is 9.47. The fourth-order valence-corrected chi connectivity index (χ4v) is 5.93. The second-order valence-corrected chi connectivity index (χ2v) is 12.2. The molecule has 0 saturated carbocycles. The van der Waals surface area contributed by atoms with Crippen LogP contribution in [0.3, 0.4) is 0 Å². The van der Waals surface area contributed by atoms with E-state index < -0.39 is 28.5 Å². The van der Waals surface area contributed by atoms with Crippen LogP contribution in [-0.4, -0.2) is 44.3 Å². The standard InChI is InChI=1S/C30H35Cl2N3O4S/c1-4-6-18-33-30(37)28(5-2)34(20-23-13-15-24(31)16-14-23)29(36)21-35(25-17-12-22(3)27(32)19-25)40(38,39)26-10-8-7-9-11-26/h7-17,19,28H,4-6,18,20-21H2,1-3H3,(H,33,37)/t28-/m0/s1. The molecule has 1 N–H and O–H groups in total. The highest BCUT2D eigenvalue weighted by Crippen LogP contribution is 2.28. The number of aryl methyl sites for hydroxylation is 1. The molecule has 1 atom stereocenters. The molecule has 10 heteroatoms. The minimum atomic E-state index is -4.15. The highest BCUT2D eigenvalue weighted by Gasteiger charge is 2.33. The van der Waals surface area contributed by atoms with Crippen LogP contribution in [-0.2, 0) is 26.2 Å². The summed E-state index contributed by atoms with van der Waals surface area (Å²) in [6, 6.07) is 18.9. The van der Waals surface area contributed by atoms with Crippen LogP contribution < -0.4 is 9.62 Å². The maximum Gasteiger partial charge on any atom is 0.264 e. The third-order valence-electron chi connectivity index (χ3n) is 6.54. The zero-order valence-corrected chi connectivity index (χ0v) is 25.3. The van der Waals surface area contributed by atoms with Crippen molar-refractivity contribution in [2.75, 3.05) is 17.4 Å². The lowest BCUT2D eigenvalue weighted by atomic mass is 10.1. The van der Waals surface area contributed by atoms with E-state index in [4.69, 9.17) is 23.2 Å².